The first kappa shape index (κ1) is 9.92. The van der Waals surface area contributed by atoms with Crippen molar-refractivity contribution in [3.05, 3.63) is 0 Å². The molecule has 1 saturated heterocycles. The summed E-state index contributed by atoms with van der Waals surface area (Å²) in [6, 6.07) is 0.726. The highest BCUT2D eigenvalue weighted by atomic mass is 15.0. The van der Waals surface area contributed by atoms with Crippen molar-refractivity contribution in [3.63, 3.8) is 0 Å². The fraction of sp³-hybridized carbons (Fsp3) is 1.00. The average Bonchev–Trinajstić information content (AvgIpc) is 2.10. The Balaban J connectivity index is 0.000000371. The Kier molecular flexibility index (Phi) is 6.98. The van der Waals surface area contributed by atoms with Gasteiger partial charge in [0, 0.05) is 25.7 Å². The molecular weight excluding hydrogens is 124 g/mol. The van der Waals surface area contributed by atoms with Crippen LogP contribution in [0.3, 0.4) is 0 Å². The van der Waals surface area contributed by atoms with Crippen molar-refractivity contribution in [2.45, 2.75) is 33.2 Å². The summed E-state index contributed by atoms with van der Waals surface area (Å²) >= 11 is 0. The van der Waals surface area contributed by atoms with Crippen LogP contribution in [-0.2, 0) is 0 Å². The highest BCUT2D eigenvalue weighted by Crippen LogP contribution is 1.90. The molecule has 1 heterocycles. The van der Waals surface area contributed by atoms with Crippen LogP contribution in [0.25, 0.3) is 0 Å². The zero-order chi connectivity index (χ0) is 7.82. The van der Waals surface area contributed by atoms with Crippen LogP contribution < -0.4 is 10.6 Å². The van der Waals surface area contributed by atoms with E-state index in [2.05, 4.69) is 17.6 Å². The van der Waals surface area contributed by atoms with Gasteiger partial charge in [0.25, 0.3) is 0 Å². The molecule has 0 aliphatic carbocycles. The Morgan fingerprint density at radius 1 is 1.30 bits per heavy atom. The number of piperazine rings is 1. The van der Waals surface area contributed by atoms with Gasteiger partial charge in [0.2, 0.25) is 0 Å². The molecule has 1 rings (SSSR count). The number of hydrogen-bond acceptors (Lipinski definition) is 2. The van der Waals surface area contributed by atoms with Gasteiger partial charge >= 0.3 is 0 Å². The number of nitrogens with one attached hydrogen (secondary N) is 2. The minimum absolute atomic E-state index is 0.726. The predicted molar refractivity (Wildman–Crippen MR) is 46.3 cm³/mol. The number of rotatable bonds is 1. The fourth-order valence-electron chi connectivity index (χ4n) is 1.00. The number of hydrogen-bond donors (Lipinski definition) is 2. The summed E-state index contributed by atoms with van der Waals surface area (Å²) in [5.74, 6) is 0. The lowest BCUT2D eigenvalue weighted by Crippen LogP contribution is -2.47. The van der Waals surface area contributed by atoms with Crippen LogP contribution in [0, 0.1) is 0 Å². The second-order valence-corrected chi connectivity index (χ2v) is 2.26. The maximum Gasteiger partial charge on any atom is 0.0190 e. The van der Waals surface area contributed by atoms with E-state index in [0.29, 0.717) is 0 Å². The first-order valence-corrected chi connectivity index (χ1v) is 4.37. The van der Waals surface area contributed by atoms with Gasteiger partial charge in [-0.25, -0.2) is 0 Å². The van der Waals surface area contributed by atoms with E-state index in [9.17, 15) is 0 Å². The Morgan fingerprint density at radius 3 is 2.30 bits per heavy atom. The molecule has 10 heavy (non-hydrogen) atoms. The first-order valence-electron chi connectivity index (χ1n) is 4.37. The van der Waals surface area contributed by atoms with Crippen molar-refractivity contribution in [2.24, 2.45) is 0 Å². The van der Waals surface area contributed by atoms with E-state index in [0.717, 1.165) is 25.7 Å². The van der Waals surface area contributed by atoms with Gasteiger partial charge in [0.1, 0.15) is 0 Å². The summed E-state index contributed by atoms with van der Waals surface area (Å²) in [6.45, 7) is 9.64. The Morgan fingerprint density at radius 2 is 2.00 bits per heavy atom. The van der Waals surface area contributed by atoms with Crippen molar-refractivity contribution in [2.75, 3.05) is 19.6 Å². The highest BCUT2D eigenvalue weighted by Gasteiger charge is 2.07. The van der Waals surface area contributed by atoms with Gasteiger partial charge in [-0.15, -0.1) is 0 Å². The van der Waals surface area contributed by atoms with Gasteiger partial charge in [-0.3, -0.25) is 0 Å². The van der Waals surface area contributed by atoms with E-state index in [1.165, 1.54) is 6.42 Å². The van der Waals surface area contributed by atoms with Crippen molar-refractivity contribution in [3.8, 4) is 0 Å². The maximum atomic E-state index is 3.41. The van der Waals surface area contributed by atoms with Crippen molar-refractivity contribution < 1.29 is 0 Å². The van der Waals surface area contributed by atoms with Gasteiger partial charge in [0.15, 0.2) is 0 Å². The predicted octanol–water partition coefficient (Wildman–Crippen LogP) is 0.984. The monoisotopic (exact) mass is 144 g/mol. The molecule has 0 radical (unpaired) electrons. The standard InChI is InChI=1S/C6H14N2.C2H6/c1-2-6-5-7-3-4-8-6;1-2/h6-8H,2-5H2,1H3;1-2H3/t6-;/m1./s1. The van der Waals surface area contributed by atoms with Crippen LogP contribution in [0.4, 0.5) is 0 Å². The van der Waals surface area contributed by atoms with Gasteiger partial charge < -0.3 is 10.6 Å². The third-order valence-corrected chi connectivity index (χ3v) is 1.62. The highest BCUT2D eigenvalue weighted by molar-refractivity contribution is 4.72. The maximum absolute atomic E-state index is 3.41. The summed E-state index contributed by atoms with van der Waals surface area (Å²) in [5, 5.41) is 6.73. The summed E-state index contributed by atoms with van der Waals surface area (Å²) < 4.78 is 0. The molecule has 1 fully saturated rings. The first-order chi connectivity index (χ1) is 4.93. The third-order valence-electron chi connectivity index (χ3n) is 1.62. The van der Waals surface area contributed by atoms with E-state index >= 15 is 0 Å². The summed E-state index contributed by atoms with van der Waals surface area (Å²) in [4.78, 5) is 0. The van der Waals surface area contributed by atoms with E-state index < -0.39 is 0 Å². The lowest BCUT2D eigenvalue weighted by atomic mass is 10.2. The van der Waals surface area contributed by atoms with Gasteiger partial charge in [-0.1, -0.05) is 20.8 Å². The molecule has 1 atom stereocenters. The SMILES string of the molecule is CC.CC[C@@H]1CNCCN1. The molecule has 0 saturated carbocycles. The molecule has 0 amide bonds. The minimum Gasteiger partial charge on any atom is -0.314 e. The summed E-state index contributed by atoms with van der Waals surface area (Å²) in [6.07, 6.45) is 1.24. The van der Waals surface area contributed by atoms with E-state index in [1.807, 2.05) is 13.8 Å². The quantitative estimate of drug-likeness (QED) is 0.573. The molecule has 62 valence electrons. The van der Waals surface area contributed by atoms with Crippen molar-refractivity contribution in [1.82, 2.24) is 10.6 Å². The van der Waals surface area contributed by atoms with Crippen LogP contribution in [0.1, 0.15) is 27.2 Å². The molecule has 2 nitrogen and oxygen atoms in total. The largest absolute Gasteiger partial charge is 0.314 e. The van der Waals surface area contributed by atoms with Crippen LogP contribution in [0.2, 0.25) is 0 Å². The van der Waals surface area contributed by atoms with Crippen molar-refractivity contribution in [1.29, 1.82) is 0 Å². The molecule has 1 aliphatic rings. The van der Waals surface area contributed by atoms with Gasteiger partial charge in [-0.2, -0.15) is 0 Å². The van der Waals surface area contributed by atoms with Crippen molar-refractivity contribution >= 4 is 0 Å². The van der Waals surface area contributed by atoms with Crippen LogP contribution in [0.15, 0.2) is 0 Å². The molecule has 2 heteroatoms. The molecular formula is C8H20N2. The van der Waals surface area contributed by atoms with E-state index in [1.54, 1.807) is 0 Å². The fourth-order valence-corrected chi connectivity index (χ4v) is 1.00. The molecule has 0 aromatic rings. The average molecular weight is 144 g/mol. The van der Waals surface area contributed by atoms with E-state index in [-0.39, 0.29) is 0 Å². The smallest absolute Gasteiger partial charge is 0.0190 e. The van der Waals surface area contributed by atoms with Gasteiger partial charge in [0.05, 0.1) is 0 Å². The zero-order valence-corrected chi connectivity index (χ0v) is 7.41. The summed E-state index contributed by atoms with van der Waals surface area (Å²) in [5.41, 5.74) is 0. The Hall–Kier alpha value is -0.0800. The normalized spacial score (nSPS) is 24.9. The topological polar surface area (TPSA) is 24.1 Å². The lowest BCUT2D eigenvalue weighted by Gasteiger charge is -2.22. The molecule has 0 aromatic heterocycles. The summed E-state index contributed by atoms with van der Waals surface area (Å²) in [7, 11) is 0. The molecule has 0 unspecified atom stereocenters. The van der Waals surface area contributed by atoms with Crippen LogP contribution in [0.5, 0.6) is 0 Å². The third kappa shape index (κ3) is 3.85. The lowest BCUT2D eigenvalue weighted by molar-refractivity contribution is 0.410. The molecule has 2 N–H and O–H groups in total. The second-order valence-electron chi connectivity index (χ2n) is 2.26. The zero-order valence-electron chi connectivity index (χ0n) is 7.41. The molecule has 1 aliphatic heterocycles. The molecule has 0 spiro atoms. The Labute approximate surface area is 64.4 Å². The molecule has 0 bridgehead atoms. The van der Waals surface area contributed by atoms with Gasteiger partial charge in [-0.05, 0) is 6.42 Å². The van der Waals surface area contributed by atoms with E-state index in [4.69, 9.17) is 0 Å². The van der Waals surface area contributed by atoms with Crippen LogP contribution in [-0.4, -0.2) is 25.7 Å². The Bertz CT molecular complexity index is 58.3. The molecule has 0 aromatic carbocycles. The van der Waals surface area contributed by atoms with Crippen LogP contribution >= 0.6 is 0 Å². The second kappa shape index (κ2) is 7.03. The minimum atomic E-state index is 0.726.